The lowest BCUT2D eigenvalue weighted by atomic mass is 10.0. The molecule has 20 heavy (non-hydrogen) atoms. The van der Waals surface area contributed by atoms with Crippen LogP contribution in [-0.2, 0) is 6.54 Å². The zero-order valence-electron chi connectivity index (χ0n) is 12.5. The first-order valence-electron chi connectivity index (χ1n) is 7.59. The number of hydrogen-bond acceptors (Lipinski definition) is 2. The van der Waals surface area contributed by atoms with Gasteiger partial charge in [-0.1, -0.05) is 35.9 Å². The largest absolute Gasteiger partial charge is 0.316 e. The molecular formula is C18H24N2. The number of aryl methyl sites for hydroxylation is 1. The molecule has 1 heterocycles. The Bertz CT molecular complexity index is 585. The second-order valence-corrected chi connectivity index (χ2v) is 6.24. The normalized spacial score (nSPS) is 19.1. The van der Waals surface area contributed by atoms with Crippen molar-refractivity contribution in [1.82, 2.24) is 10.2 Å². The molecule has 0 amide bonds. The number of benzene rings is 2. The van der Waals surface area contributed by atoms with Gasteiger partial charge in [0.15, 0.2) is 0 Å². The van der Waals surface area contributed by atoms with Gasteiger partial charge in [0.05, 0.1) is 0 Å². The highest BCUT2D eigenvalue weighted by molar-refractivity contribution is 5.83. The van der Waals surface area contributed by atoms with Crippen molar-refractivity contribution >= 4 is 10.8 Å². The maximum atomic E-state index is 3.44. The molecule has 2 heteroatoms. The fourth-order valence-corrected chi connectivity index (χ4v) is 3.20. The zero-order valence-corrected chi connectivity index (χ0v) is 12.5. The molecule has 106 valence electrons. The standard InChI is InChI=1S/C18H24N2/c1-14-3-5-18-10-15(4-6-17(18)9-14)12-20(2)13-16-7-8-19-11-16/h3-6,9-10,16,19H,7-8,11-13H2,1-2H3. The Labute approximate surface area is 121 Å². The molecule has 0 aromatic heterocycles. The fourth-order valence-electron chi connectivity index (χ4n) is 3.20. The van der Waals surface area contributed by atoms with Gasteiger partial charge in [-0.3, -0.25) is 0 Å². The van der Waals surface area contributed by atoms with Crippen LogP contribution in [0.25, 0.3) is 10.8 Å². The quantitative estimate of drug-likeness (QED) is 0.916. The van der Waals surface area contributed by atoms with Gasteiger partial charge >= 0.3 is 0 Å². The number of fused-ring (bicyclic) bond motifs is 1. The van der Waals surface area contributed by atoms with Crippen LogP contribution in [0.3, 0.4) is 0 Å². The van der Waals surface area contributed by atoms with Gasteiger partial charge in [-0.2, -0.15) is 0 Å². The lowest BCUT2D eigenvalue weighted by Crippen LogP contribution is -2.26. The van der Waals surface area contributed by atoms with E-state index < -0.39 is 0 Å². The first-order chi connectivity index (χ1) is 9.70. The predicted octanol–water partition coefficient (Wildman–Crippen LogP) is 3.19. The first kappa shape index (κ1) is 13.6. The molecule has 1 aliphatic rings. The highest BCUT2D eigenvalue weighted by atomic mass is 15.1. The summed E-state index contributed by atoms with van der Waals surface area (Å²) >= 11 is 0. The Morgan fingerprint density at radius 2 is 1.95 bits per heavy atom. The summed E-state index contributed by atoms with van der Waals surface area (Å²) in [6, 6.07) is 13.5. The Kier molecular flexibility index (Phi) is 4.04. The molecule has 1 unspecified atom stereocenters. The van der Waals surface area contributed by atoms with Gasteiger partial charge in [-0.15, -0.1) is 0 Å². The molecule has 2 nitrogen and oxygen atoms in total. The van der Waals surface area contributed by atoms with E-state index in [0.717, 1.165) is 12.5 Å². The van der Waals surface area contributed by atoms with Gasteiger partial charge in [-0.25, -0.2) is 0 Å². The third-order valence-electron chi connectivity index (χ3n) is 4.24. The van der Waals surface area contributed by atoms with Crippen molar-refractivity contribution in [2.45, 2.75) is 19.9 Å². The van der Waals surface area contributed by atoms with E-state index >= 15 is 0 Å². The molecule has 0 aliphatic carbocycles. The summed E-state index contributed by atoms with van der Waals surface area (Å²) in [5.41, 5.74) is 2.74. The van der Waals surface area contributed by atoms with Gasteiger partial charge in [0, 0.05) is 13.1 Å². The minimum atomic E-state index is 0.822. The van der Waals surface area contributed by atoms with Crippen LogP contribution in [0.1, 0.15) is 17.5 Å². The molecule has 0 bridgehead atoms. The van der Waals surface area contributed by atoms with Crippen molar-refractivity contribution in [3.8, 4) is 0 Å². The van der Waals surface area contributed by atoms with Crippen molar-refractivity contribution in [2.24, 2.45) is 5.92 Å². The molecule has 0 radical (unpaired) electrons. The molecule has 1 aliphatic heterocycles. The molecule has 1 saturated heterocycles. The highest BCUT2D eigenvalue weighted by Gasteiger charge is 2.16. The number of rotatable bonds is 4. The van der Waals surface area contributed by atoms with E-state index in [0.29, 0.717) is 0 Å². The van der Waals surface area contributed by atoms with Crippen molar-refractivity contribution in [2.75, 3.05) is 26.7 Å². The van der Waals surface area contributed by atoms with Crippen LogP contribution in [-0.4, -0.2) is 31.6 Å². The average molecular weight is 268 g/mol. The fraction of sp³-hybridized carbons (Fsp3) is 0.444. The van der Waals surface area contributed by atoms with Gasteiger partial charge < -0.3 is 10.2 Å². The second kappa shape index (κ2) is 5.94. The maximum absolute atomic E-state index is 3.44. The van der Waals surface area contributed by atoms with E-state index in [4.69, 9.17) is 0 Å². The molecular weight excluding hydrogens is 244 g/mol. The summed E-state index contributed by atoms with van der Waals surface area (Å²) in [7, 11) is 2.23. The maximum Gasteiger partial charge on any atom is 0.0231 e. The Morgan fingerprint density at radius 1 is 1.15 bits per heavy atom. The number of hydrogen-bond donors (Lipinski definition) is 1. The Hall–Kier alpha value is -1.38. The van der Waals surface area contributed by atoms with E-state index in [2.05, 4.69) is 60.6 Å². The predicted molar refractivity (Wildman–Crippen MR) is 86.0 cm³/mol. The van der Waals surface area contributed by atoms with Crippen LogP contribution < -0.4 is 5.32 Å². The Balaban J connectivity index is 1.68. The van der Waals surface area contributed by atoms with E-state index in [1.54, 1.807) is 0 Å². The van der Waals surface area contributed by atoms with E-state index in [1.807, 2.05) is 0 Å². The summed E-state index contributed by atoms with van der Waals surface area (Å²) in [4.78, 5) is 2.45. The van der Waals surface area contributed by atoms with Crippen molar-refractivity contribution in [3.05, 3.63) is 47.5 Å². The van der Waals surface area contributed by atoms with Crippen LogP contribution in [0.4, 0.5) is 0 Å². The van der Waals surface area contributed by atoms with Crippen molar-refractivity contribution in [3.63, 3.8) is 0 Å². The van der Waals surface area contributed by atoms with Crippen LogP contribution in [0.5, 0.6) is 0 Å². The zero-order chi connectivity index (χ0) is 13.9. The first-order valence-corrected chi connectivity index (χ1v) is 7.59. The van der Waals surface area contributed by atoms with Crippen LogP contribution in [0, 0.1) is 12.8 Å². The summed E-state index contributed by atoms with van der Waals surface area (Å²) < 4.78 is 0. The van der Waals surface area contributed by atoms with Gasteiger partial charge in [0.25, 0.3) is 0 Å². The van der Waals surface area contributed by atoms with Crippen LogP contribution in [0.15, 0.2) is 36.4 Å². The molecule has 0 saturated carbocycles. The summed E-state index contributed by atoms with van der Waals surface area (Å²) in [5, 5.41) is 6.14. The van der Waals surface area contributed by atoms with Gasteiger partial charge in [-0.05, 0) is 61.8 Å². The van der Waals surface area contributed by atoms with Crippen molar-refractivity contribution < 1.29 is 0 Å². The Morgan fingerprint density at radius 3 is 2.75 bits per heavy atom. The number of nitrogens with one attached hydrogen (secondary N) is 1. The minimum Gasteiger partial charge on any atom is -0.316 e. The lowest BCUT2D eigenvalue weighted by Gasteiger charge is -2.20. The third kappa shape index (κ3) is 3.20. The third-order valence-corrected chi connectivity index (χ3v) is 4.24. The number of nitrogens with zero attached hydrogens (tertiary/aromatic N) is 1. The molecule has 0 spiro atoms. The summed E-state index contributed by atoms with van der Waals surface area (Å²) in [6.07, 6.45) is 1.32. The molecule has 2 aromatic carbocycles. The van der Waals surface area contributed by atoms with Crippen LogP contribution >= 0.6 is 0 Å². The van der Waals surface area contributed by atoms with Crippen molar-refractivity contribution in [1.29, 1.82) is 0 Å². The smallest absolute Gasteiger partial charge is 0.0231 e. The monoisotopic (exact) mass is 268 g/mol. The topological polar surface area (TPSA) is 15.3 Å². The van der Waals surface area contributed by atoms with Crippen LogP contribution in [0.2, 0.25) is 0 Å². The average Bonchev–Trinajstić information content (AvgIpc) is 2.91. The molecule has 1 fully saturated rings. The SMILES string of the molecule is Cc1ccc2cc(CN(C)CC3CCNC3)ccc2c1. The molecule has 3 rings (SSSR count). The molecule has 1 atom stereocenters. The summed E-state index contributed by atoms with van der Waals surface area (Å²) in [6.45, 7) is 6.76. The van der Waals surface area contributed by atoms with E-state index in [9.17, 15) is 0 Å². The second-order valence-electron chi connectivity index (χ2n) is 6.24. The van der Waals surface area contributed by atoms with E-state index in [1.165, 1.54) is 48.0 Å². The molecule has 2 aromatic rings. The minimum absolute atomic E-state index is 0.822. The van der Waals surface area contributed by atoms with E-state index in [-0.39, 0.29) is 0 Å². The lowest BCUT2D eigenvalue weighted by molar-refractivity contribution is 0.278. The van der Waals surface area contributed by atoms with Gasteiger partial charge in [0.1, 0.15) is 0 Å². The van der Waals surface area contributed by atoms with Gasteiger partial charge in [0.2, 0.25) is 0 Å². The summed E-state index contributed by atoms with van der Waals surface area (Å²) in [5.74, 6) is 0.822. The highest BCUT2D eigenvalue weighted by Crippen LogP contribution is 2.19. The molecule has 1 N–H and O–H groups in total.